The first-order valence-corrected chi connectivity index (χ1v) is 2.62. The Morgan fingerprint density at radius 3 is 3.00 bits per heavy atom. The van der Waals surface area contributed by atoms with Gasteiger partial charge in [0.1, 0.15) is 0 Å². The number of aldehydes is 1. The maximum absolute atomic E-state index is 10.1. The fraction of sp³-hybridized carbons (Fsp3) is 0. The smallest absolute Gasteiger partial charge is 0.153 e. The number of nitrogens with zero attached hydrogens (tertiary/aromatic N) is 1. The standard InChI is InChI=1S/C6H2ClNO/c7-6-5(4-9)2-1-3-8-6/h2,4H. The Morgan fingerprint density at radius 2 is 2.56 bits per heavy atom. The van der Waals surface area contributed by atoms with Crippen LogP contribution in [0, 0.1) is 12.3 Å². The normalized spacial score (nSPS) is 8.11. The van der Waals surface area contributed by atoms with Crippen LogP contribution >= 0.6 is 11.6 Å². The molecule has 1 rings (SSSR count). The van der Waals surface area contributed by atoms with E-state index in [0.29, 0.717) is 11.8 Å². The summed E-state index contributed by atoms with van der Waals surface area (Å²) >= 11 is 5.43. The summed E-state index contributed by atoms with van der Waals surface area (Å²) in [4.78, 5) is 13.6. The highest BCUT2D eigenvalue weighted by Gasteiger charge is 1.94. The monoisotopic (exact) mass is 139 g/mol. The van der Waals surface area contributed by atoms with E-state index in [1.54, 1.807) is 0 Å². The molecule has 2 nitrogen and oxygen atoms in total. The molecule has 0 saturated carbocycles. The van der Waals surface area contributed by atoms with Crippen LogP contribution in [0.4, 0.5) is 0 Å². The summed E-state index contributed by atoms with van der Waals surface area (Å²) in [5.41, 5.74) is 0.343. The quantitative estimate of drug-likeness (QED) is 0.547. The van der Waals surface area contributed by atoms with Crippen LogP contribution in [0.3, 0.4) is 0 Å². The van der Waals surface area contributed by atoms with Gasteiger partial charge in [0.25, 0.3) is 0 Å². The van der Waals surface area contributed by atoms with Crippen LogP contribution in [0.1, 0.15) is 10.4 Å². The van der Waals surface area contributed by atoms with Gasteiger partial charge in [0.2, 0.25) is 0 Å². The zero-order valence-electron chi connectivity index (χ0n) is 4.39. The van der Waals surface area contributed by atoms with Gasteiger partial charge in [-0.1, -0.05) is 11.6 Å². The molecule has 0 saturated heterocycles. The average Bonchev–Trinajstić information content (AvgIpc) is 1.89. The summed E-state index contributed by atoms with van der Waals surface area (Å²) in [7, 11) is 0. The summed E-state index contributed by atoms with van der Waals surface area (Å²) in [5, 5.41) is 0.170. The van der Waals surface area contributed by atoms with Gasteiger partial charge in [-0.3, -0.25) is 4.79 Å². The van der Waals surface area contributed by atoms with Crippen molar-refractivity contribution in [3.63, 3.8) is 0 Å². The van der Waals surface area contributed by atoms with Crippen molar-refractivity contribution in [2.45, 2.75) is 0 Å². The Balaban J connectivity index is 3.15. The van der Waals surface area contributed by atoms with Crippen LogP contribution in [-0.4, -0.2) is 11.3 Å². The third kappa shape index (κ3) is 1.18. The first-order chi connectivity index (χ1) is 4.34. The number of rotatable bonds is 1. The molecule has 0 aliphatic rings. The Morgan fingerprint density at radius 1 is 1.78 bits per heavy atom. The van der Waals surface area contributed by atoms with Crippen molar-refractivity contribution in [2.75, 3.05) is 0 Å². The van der Waals surface area contributed by atoms with Crippen molar-refractivity contribution < 1.29 is 4.79 Å². The number of carbonyl (C=O) groups is 1. The molecule has 1 aromatic rings. The summed E-state index contributed by atoms with van der Waals surface area (Å²) < 4.78 is 0. The lowest BCUT2D eigenvalue weighted by atomic mass is 10.3. The van der Waals surface area contributed by atoms with Crippen molar-refractivity contribution in [3.8, 4) is 0 Å². The van der Waals surface area contributed by atoms with E-state index in [1.807, 2.05) is 0 Å². The SMILES string of the molecule is O=Cc1cc#cnc1Cl. The summed E-state index contributed by atoms with van der Waals surface area (Å²) in [6.07, 6.45) is 2.99. The van der Waals surface area contributed by atoms with Crippen LogP contribution in [0.5, 0.6) is 0 Å². The Bertz CT molecular complexity index is 224. The van der Waals surface area contributed by atoms with Crippen molar-refractivity contribution >= 4 is 17.9 Å². The minimum absolute atomic E-state index is 0.170. The maximum Gasteiger partial charge on any atom is 0.153 e. The molecule has 0 spiro atoms. The van der Waals surface area contributed by atoms with E-state index in [1.165, 1.54) is 6.07 Å². The largest absolute Gasteiger partial charge is 0.298 e. The zero-order chi connectivity index (χ0) is 6.69. The Kier molecular flexibility index (Phi) is 1.66. The van der Waals surface area contributed by atoms with E-state index in [4.69, 9.17) is 11.6 Å². The average molecular weight is 140 g/mol. The fourth-order valence-corrected chi connectivity index (χ4v) is 0.539. The Hall–Kier alpha value is -1.07. The van der Waals surface area contributed by atoms with E-state index >= 15 is 0 Å². The number of hydrogen-bond acceptors (Lipinski definition) is 2. The van der Waals surface area contributed by atoms with Crippen molar-refractivity contribution in [3.05, 3.63) is 29.0 Å². The van der Waals surface area contributed by atoms with Gasteiger partial charge in [0.05, 0.1) is 5.56 Å². The highest BCUT2D eigenvalue weighted by molar-refractivity contribution is 6.31. The molecule has 0 radical (unpaired) electrons. The van der Waals surface area contributed by atoms with Crippen molar-refractivity contribution in [1.82, 2.24) is 4.98 Å². The molecule has 0 amide bonds. The molecule has 0 aliphatic heterocycles. The van der Waals surface area contributed by atoms with Gasteiger partial charge in [-0.05, 0) is 6.07 Å². The van der Waals surface area contributed by atoms with Crippen LogP contribution in [0.2, 0.25) is 5.15 Å². The van der Waals surface area contributed by atoms with Crippen LogP contribution in [0.25, 0.3) is 0 Å². The van der Waals surface area contributed by atoms with Crippen LogP contribution < -0.4 is 0 Å². The van der Waals surface area contributed by atoms with E-state index < -0.39 is 0 Å². The lowest BCUT2D eigenvalue weighted by molar-refractivity contribution is 0.112. The highest BCUT2D eigenvalue weighted by Crippen LogP contribution is 2.05. The first-order valence-electron chi connectivity index (χ1n) is 2.24. The van der Waals surface area contributed by atoms with Gasteiger partial charge in [-0.25, -0.2) is 0 Å². The second kappa shape index (κ2) is 2.47. The van der Waals surface area contributed by atoms with Gasteiger partial charge in [-0.2, -0.15) is 4.98 Å². The zero-order valence-corrected chi connectivity index (χ0v) is 5.14. The highest BCUT2D eigenvalue weighted by atomic mass is 35.5. The summed E-state index contributed by atoms with van der Waals surface area (Å²) in [6.45, 7) is 0. The number of hydrogen-bond donors (Lipinski definition) is 0. The third-order valence-corrected chi connectivity index (χ3v) is 1.11. The Labute approximate surface area is 57.5 Å². The van der Waals surface area contributed by atoms with E-state index in [0.717, 1.165) is 0 Å². The molecule has 9 heavy (non-hydrogen) atoms. The van der Waals surface area contributed by atoms with Gasteiger partial charge in [0.15, 0.2) is 11.4 Å². The summed E-state index contributed by atoms with van der Waals surface area (Å²) in [5.74, 6) is 0. The predicted molar refractivity (Wildman–Crippen MR) is 32.3 cm³/mol. The molecule has 3 heteroatoms. The molecule has 0 fully saturated rings. The molecule has 0 unspecified atom stereocenters. The van der Waals surface area contributed by atoms with Crippen molar-refractivity contribution in [2.24, 2.45) is 0 Å². The molecular formula is C6H2ClNO. The third-order valence-electron chi connectivity index (χ3n) is 0.811. The second-order valence-electron chi connectivity index (χ2n) is 1.38. The van der Waals surface area contributed by atoms with Gasteiger partial charge < -0.3 is 0 Å². The minimum Gasteiger partial charge on any atom is -0.298 e. The van der Waals surface area contributed by atoms with Gasteiger partial charge >= 0.3 is 0 Å². The van der Waals surface area contributed by atoms with Crippen LogP contribution in [-0.2, 0) is 0 Å². The first kappa shape index (κ1) is 6.06. The molecule has 0 N–H and O–H groups in total. The maximum atomic E-state index is 10.1. The lowest BCUT2D eigenvalue weighted by Gasteiger charge is -1.84. The van der Waals surface area contributed by atoms with E-state index in [9.17, 15) is 4.79 Å². The fourth-order valence-electron chi connectivity index (χ4n) is 0.398. The van der Waals surface area contributed by atoms with E-state index in [-0.39, 0.29) is 5.15 Å². The van der Waals surface area contributed by atoms with Crippen molar-refractivity contribution in [1.29, 1.82) is 0 Å². The van der Waals surface area contributed by atoms with Gasteiger partial charge in [-0.15, -0.1) is 0 Å². The predicted octanol–water partition coefficient (Wildman–Crippen LogP) is 1.15. The molecule has 1 aromatic heterocycles. The molecule has 0 atom stereocenters. The second-order valence-corrected chi connectivity index (χ2v) is 1.73. The summed E-state index contributed by atoms with van der Waals surface area (Å²) in [6, 6.07) is 3.93. The number of halogens is 1. The van der Waals surface area contributed by atoms with Gasteiger partial charge in [0, 0.05) is 12.3 Å². The lowest BCUT2D eigenvalue weighted by Crippen LogP contribution is -1.80. The molecule has 0 bridgehead atoms. The molecule has 0 aromatic carbocycles. The molecule has 44 valence electrons. The van der Waals surface area contributed by atoms with Crippen LogP contribution in [0.15, 0.2) is 6.07 Å². The molecule has 1 heterocycles. The topological polar surface area (TPSA) is 30.0 Å². The number of aromatic nitrogens is 1. The molecular weight excluding hydrogens is 138 g/mol. The molecule has 0 aliphatic carbocycles. The minimum atomic E-state index is 0.170. The number of carbonyl (C=O) groups excluding carboxylic acids is 1. The van der Waals surface area contributed by atoms with E-state index in [2.05, 4.69) is 17.2 Å².